The predicted molar refractivity (Wildman–Crippen MR) is 170 cm³/mol. The van der Waals surface area contributed by atoms with Crippen LogP contribution in [0.25, 0.3) is 24.3 Å². The molecule has 1 aliphatic rings. The molecular formula is C35H42N4O4. The van der Waals surface area contributed by atoms with Crippen LogP contribution in [0, 0.1) is 27.7 Å². The standard InChI is InChI=1S/C35H42N4O4/c1-8-22-18(3)26-14-27-19(4)24(10-12-34(40)41)29(36-27)15-30-25(11-13-35(42)43)20(5)28(38-30)16-33-23(9-2)21(6)32(39(33)7)17-31(22)37-26/h14-17,36-38H,8-13H2,1-7H3,(H,40,41)(H,42,43). The molecule has 0 saturated carbocycles. The highest BCUT2D eigenvalue weighted by atomic mass is 16.4. The molecule has 226 valence electrons. The minimum atomic E-state index is -0.845. The highest BCUT2D eigenvalue weighted by molar-refractivity contribution is 5.70. The van der Waals surface area contributed by atoms with Crippen LogP contribution in [0.2, 0.25) is 0 Å². The largest absolute Gasteiger partial charge is 0.481 e. The van der Waals surface area contributed by atoms with E-state index in [0.29, 0.717) is 12.8 Å². The minimum Gasteiger partial charge on any atom is -0.481 e. The van der Waals surface area contributed by atoms with Crippen LogP contribution in [0.1, 0.15) is 94.0 Å². The molecule has 0 aromatic carbocycles. The number of aromatic nitrogens is 4. The van der Waals surface area contributed by atoms with Crippen molar-refractivity contribution in [3.05, 3.63) is 88.7 Å². The number of aliphatic carboxylic acids is 2. The second-order valence-electron chi connectivity index (χ2n) is 11.7. The van der Waals surface area contributed by atoms with Gasteiger partial charge in [-0.1, -0.05) is 13.8 Å². The Kier molecular flexibility index (Phi) is 8.14. The number of carboxylic acids is 2. The van der Waals surface area contributed by atoms with Crippen molar-refractivity contribution in [2.24, 2.45) is 7.05 Å². The van der Waals surface area contributed by atoms with E-state index in [4.69, 9.17) is 0 Å². The number of aromatic amines is 3. The molecule has 8 bridgehead atoms. The van der Waals surface area contributed by atoms with E-state index in [1.54, 1.807) is 0 Å². The molecule has 8 nitrogen and oxygen atoms in total. The van der Waals surface area contributed by atoms with Crippen LogP contribution in [0.4, 0.5) is 0 Å². The lowest BCUT2D eigenvalue weighted by Gasteiger charge is -2.02. The van der Waals surface area contributed by atoms with E-state index in [0.717, 1.165) is 79.3 Å². The van der Waals surface area contributed by atoms with Crippen molar-refractivity contribution in [1.29, 1.82) is 0 Å². The van der Waals surface area contributed by atoms with Gasteiger partial charge in [0.05, 0.1) is 0 Å². The zero-order chi connectivity index (χ0) is 31.2. The summed E-state index contributed by atoms with van der Waals surface area (Å²) >= 11 is 0. The van der Waals surface area contributed by atoms with Crippen molar-refractivity contribution in [3.8, 4) is 0 Å². The van der Waals surface area contributed by atoms with Crippen LogP contribution < -0.4 is 21.4 Å². The second-order valence-corrected chi connectivity index (χ2v) is 11.7. The Labute approximate surface area is 251 Å². The number of fused-ring (bicyclic) bond motifs is 8. The number of H-pyrrole nitrogens is 3. The van der Waals surface area contributed by atoms with Gasteiger partial charge in [0.2, 0.25) is 0 Å². The quantitative estimate of drug-likeness (QED) is 0.193. The fourth-order valence-electron chi connectivity index (χ4n) is 6.73. The lowest BCUT2D eigenvalue weighted by molar-refractivity contribution is -0.138. The lowest BCUT2D eigenvalue weighted by atomic mass is 10.0. The van der Waals surface area contributed by atoms with E-state index in [1.807, 2.05) is 19.9 Å². The number of hydrogen-bond acceptors (Lipinski definition) is 2. The molecule has 0 fully saturated rings. The Morgan fingerprint density at radius 1 is 0.605 bits per heavy atom. The summed E-state index contributed by atoms with van der Waals surface area (Å²) in [6.45, 7) is 12.8. The topological polar surface area (TPSA) is 127 Å². The third kappa shape index (κ3) is 5.42. The van der Waals surface area contributed by atoms with Gasteiger partial charge in [-0.05, 0) is 122 Å². The maximum atomic E-state index is 11.6. The van der Waals surface area contributed by atoms with Crippen molar-refractivity contribution in [1.82, 2.24) is 19.5 Å². The van der Waals surface area contributed by atoms with Gasteiger partial charge in [0.25, 0.3) is 0 Å². The molecule has 43 heavy (non-hydrogen) atoms. The smallest absolute Gasteiger partial charge is 0.303 e. The highest BCUT2D eigenvalue weighted by Crippen LogP contribution is 2.23. The molecule has 0 amide bonds. The van der Waals surface area contributed by atoms with Crippen LogP contribution in [-0.4, -0.2) is 41.7 Å². The van der Waals surface area contributed by atoms with Gasteiger partial charge in [-0.2, -0.15) is 0 Å². The summed E-state index contributed by atoms with van der Waals surface area (Å²) in [5.74, 6) is -1.69. The van der Waals surface area contributed by atoms with Crippen LogP contribution in [0.3, 0.4) is 0 Å². The summed E-state index contributed by atoms with van der Waals surface area (Å²) in [7, 11) is 2.11. The molecule has 0 spiro atoms. The first-order valence-corrected chi connectivity index (χ1v) is 15.1. The van der Waals surface area contributed by atoms with Crippen LogP contribution in [0.5, 0.6) is 0 Å². The normalized spacial score (nSPS) is 12.3. The van der Waals surface area contributed by atoms with Gasteiger partial charge >= 0.3 is 11.9 Å². The maximum Gasteiger partial charge on any atom is 0.303 e. The average Bonchev–Trinajstić information content (AvgIpc) is 3.59. The van der Waals surface area contributed by atoms with Crippen molar-refractivity contribution in [2.45, 2.75) is 80.1 Å². The first kappa shape index (κ1) is 30.0. The molecule has 8 heteroatoms. The molecule has 5 rings (SSSR count). The summed E-state index contributed by atoms with van der Waals surface area (Å²) in [6, 6.07) is 0. The Bertz CT molecular complexity index is 2010. The van der Waals surface area contributed by atoms with E-state index in [9.17, 15) is 19.8 Å². The maximum absolute atomic E-state index is 11.6. The summed E-state index contributed by atoms with van der Waals surface area (Å²) in [6.07, 6.45) is 11.2. The van der Waals surface area contributed by atoms with Crippen molar-refractivity contribution in [3.63, 3.8) is 0 Å². The van der Waals surface area contributed by atoms with E-state index in [-0.39, 0.29) is 12.8 Å². The summed E-state index contributed by atoms with van der Waals surface area (Å²) in [5, 5.41) is 23.0. The number of carboxylic acid groups (broad SMARTS) is 2. The van der Waals surface area contributed by atoms with E-state index in [1.165, 1.54) is 22.3 Å². The Balaban J connectivity index is 1.94. The SMILES string of the molecule is CCc1c2[nH]c(c1C)C=c1[nH]c(c(CCC(=O)O)c1C)=Cc1[nH]c(c(C)c1CCC(=O)O)C=c1c(CC)c(C)c(n1C)=C2. The second kappa shape index (κ2) is 11.7. The molecule has 0 radical (unpaired) electrons. The monoisotopic (exact) mass is 582 g/mol. The molecule has 4 aromatic rings. The van der Waals surface area contributed by atoms with E-state index >= 15 is 0 Å². The van der Waals surface area contributed by atoms with Gasteiger partial charge in [0.15, 0.2) is 0 Å². The Morgan fingerprint density at radius 2 is 1.12 bits per heavy atom. The molecule has 0 aliphatic carbocycles. The van der Waals surface area contributed by atoms with Crippen molar-refractivity contribution >= 4 is 36.2 Å². The molecule has 0 saturated heterocycles. The molecule has 5 heterocycles. The lowest BCUT2D eigenvalue weighted by Crippen LogP contribution is -2.25. The fraction of sp³-hybridized carbons (Fsp3) is 0.371. The average molecular weight is 583 g/mol. The minimum absolute atomic E-state index is 0.0169. The van der Waals surface area contributed by atoms with Gasteiger partial charge in [-0.3, -0.25) is 9.59 Å². The number of hydrogen-bond donors (Lipinski definition) is 5. The summed E-state index contributed by atoms with van der Waals surface area (Å²) in [4.78, 5) is 34.1. The molecule has 0 atom stereocenters. The van der Waals surface area contributed by atoms with Gasteiger partial charge in [0, 0.05) is 64.1 Å². The van der Waals surface area contributed by atoms with Crippen LogP contribution >= 0.6 is 0 Å². The number of rotatable bonds is 8. The van der Waals surface area contributed by atoms with Gasteiger partial charge in [0.1, 0.15) is 0 Å². The molecule has 0 unspecified atom stereocenters. The van der Waals surface area contributed by atoms with E-state index < -0.39 is 11.9 Å². The van der Waals surface area contributed by atoms with E-state index in [2.05, 4.69) is 72.5 Å². The number of nitrogens with one attached hydrogen (secondary N) is 3. The van der Waals surface area contributed by atoms with Gasteiger partial charge in [-0.25, -0.2) is 0 Å². The fourth-order valence-corrected chi connectivity index (χ4v) is 6.73. The molecule has 4 aromatic heterocycles. The van der Waals surface area contributed by atoms with Crippen LogP contribution in [-0.2, 0) is 42.3 Å². The summed E-state index contributed by atoms with van der Waals surface area (Å²) in [5.41, 5.74) is 12.8. The Morgan fingerprint density at radius 3 is 1.72 bits per heavy atom. The van der Waals surface area contributed by atoms with Crippen molar-refractivity contribution < 1.29 is 19.8 Å². The van der Waals surface area contributed by atoms with Crippen molar-refractivity contribution in [2.75, 3.05) is 0 Å². The first-order valence-electron chi connectivity index (χ1n) is 15.1. The molecule has 5 N–H and O–H groups in total. The highest BCUT2D eigenvalue weighted by Gasteiger charge is 2.18. The zero-order valence-electron chi connectivity index (χ0n) is 26.2. The summed E-state index contributed by atoms with van der Waals surface area (Å²) < 4.78 is 2.25. The first-order chi connectivity index (χ1) is 20.4. The van der Waals surface area contributed by atoms with Gasteiger partial charge < -0.3 is 29.7 Å². The zero-order valence-corrected chi connectivity index (χ0v) is 26.2. The molecular weight excluding hydrogens is 540 g/mol. The van der Waals surface area contributed by atoms with Gasteiger partial charge in [-0.15, -0.1) is 0 Å². The predicted octanol–water partition coefficient (Wildman–Crippen LogP) is 3.03. The van der Waals surface area contributed by atoms with Crippen LogP contribution in [0.15, 0.2) is 0 Å². The molecule has 1 aliphatic heterocycles. The number of nitrogens with zero attached hydrogens (tertiary/aromatic N) is 1. The third-order valence-electron chi connectivity index (χ3n) is 9.25. The Hall–Kier alpha value is -4.46. The third-order valence-corrected chi connectivity index (χ3v) is 9.25. The number of carbonyl (C=O) groups is 2.